The lowest BCUT2D eigenvalue weighted by molar-refractivity contribution is -0.115. The van der Waals surface area contributed by atoms with Crippen LogP contribution in [0.3, 0.4) is 0 Å². The molecule has 0 aliphatic carbocycles. The summed E-state index contributed by atoms with van der Waals surface area (Å²) >= 11 is 2.99. The molecule has 0 aliphatic rings. The van der Waals surface area contributed by atoms with Gasteiger partial charge in [-0.05, 0) is 44.2 Å². The molecule has 1 atom stereocenters. The van der Waals surface area contributed by atoms with Crippen molar-refractivity contribution in [3.05, 3.63) is 48.5 Å². The van der Waals surface area contributed by atoms with Gasteiger partial charge in [-0.3, -0.25) is 4.79 Å². The Balaban J connectivity index is 1.68. The van der Waals surface area contributed by atoms with Crippen LogP contribution in [0, 0.1) is 0 Å². The standard InChI is InChI=1S/C18H18N2O2S2/c1-3-22-13-9-10-15-16(11-13)24-18(19-15)20-17(21)12(2)23-14-7-5-4-6-8-14/h4-12H,3H2,1-2H3,(H,19,20,21). The lowest BCUT2D eigenvalue weighted by Crippen LogP contribution is -2.22. The molecule has 0 aliphatic heterocycles. The Labute approximate surface area is 149 Å². The van der Waals surface area contributed by atoms with E-state index in [0.29, 0.717) is 11.7 Å². The molecule has 1 heterocycles. The SMILES string of the molecule is CCOc1ccc2nc(NC(=O)C(C)Sc3ccccc3)sc2c1. The van der Waals surface area contributed by atoms with Crippen molar-refractivity contribution >= 4 is 44.4 Å². The van der Waals surface area contributed by atoms with Crippen LogP contribution in [-0.2, 0) is 4.79 Å². The zero-order chi connectivity index (χ0) is 16.9. The minimum atomic E-state index is -0.196. The Kier molecular flexibility index (Phi) is 5.37. The normalized spacial score (nSPS) is 12.1. The number of thioether (sulfide) groups is 1. The fraction of sp³-hybridized carbons (Fsp3) is 0.222. The number of ether oxygens (including phenoxy) is 1. The zero-order valence-corrected chi connectivity index (χ0v) is 15.1. The molecule has 3 aromatic rings. The molecule has 0 saturated carbocycles. The van der Waals surface area contributed by atoms with Crippen molar-refractivity contribution in [2.24, 2.45) is 0 Å². The summed E-state index contributed by atoms with van der Waals surface area (Å²) in [5, 5.41) is 3.33. The van der Waals surface area contributed by atoms with Gasteiger partial charge in [0.05, 0.1) is 22.1 Å². The van der Waals surface area contributed by atoms with Gasteiger partial charge in [0.1, 0.15) is 5.75 Å². The van der Waals surface area contributed by atoms with Crippen molar-refractivity contribution in [3.63, 3.8) is 0 Å². The second-order valence-electron chi connectivity index (χ2n) is 5.14. The summed E-state index contributed by atoms with van der Waals surface area (Å²) in [6.07, 6.45) is 0. The highest BCUT2D eigenvalue weighted by Gasteiger charge is 2.16. The van der Waals surface area contributed by atoms with E-state index < -0.39 is 0 Å². The highest BCUT2D eigenvalue weighted by molar-refractivity contribution is 8.00. The summed E-state index contributed by atoms with van der Waals surface area (Å²) in [6, 6.07) is 15.7. The number of nitrogens with one attached hydrogen (secondary N) is 1. The number of carbonyl (C=O) groups is 1. The van der Waals surface area contributed by atoms with Crippen molar-refractivity contribution in [1.82, 2.24) is 4.98 Å². The van der Waals surface area contributed by atoms with Gasteiger partial charge in [-0.1, -0.05) is 29.5 Å². The number of amides is 1. The Morgan fingerprint density at radius 1 is 1.29 bits per heavy atom. The van der Waals surface area contributed by atoms with Crippen molar-refractivity contribution in [1.29, 1.82) is 0 Å². The molecule has 1 aromatic heterocycles. The van der Waals surface area contributed by atoms with Crippen LogP contribution in [0.2, 0.25) is 0 Å². The number of carbonyl (C=O) groups excluding carboxylic acids is 1. The second-order valence-corrected chi connectivity index (χ2v) is 7.59. The molecule has 6 heteroatoms. The lowest BCUT2D eigenvalue weighted by atomic mass is 10.3. The van der Waals surface area contributed by atoms with Crippen LogP contribution >= 0.6 is 23.1 Å². The highest BCUT2D eigenvalue weighted by Crippen LogP contribution is 2.30. The Morgan fingerprint density at radius 2 is 2.08 bits per heavy atom. The van der Waals surface area contributed by atoms with Crippen LogP contribution in [-0.4, -0.2) is 22.7 Å². The zero-order valence-electron chi connectivity index (χ0n) is 13.5. The molecule has 2 aromatic carbocycles. The first kappa shape index (κ1) is 16.8. The van der Waals surface area contributed by atoms with E-state index in [0.717, 1.165) is 20.9 Å². The monoisotopic (exact) mass is 358 g/mol. The number of fused-ring (bicyclic) bond motifs is 1. The first-order valence-corrected chi connectivity index (χ1v) is 9.41. The number of benzene rings is 2. The average molecular weight is 358 g/mol. The molecule has 4 nitrogen and oxygen atoms in total. The van der Waals surface area contributed by atoms with Crippen LogP contribution in [0.25, 0.3) is 10.2 Å². The van der Waals surface area contributed by atoms with Crippen LogP contribution in [0.1, 0.15) is 13.8 Å². The van der Waals surface area contributed by atoms with Gasteiger partial charge < -0.3 is 10.1 Å². The fourth-order valence-corrected chi connectivity index (χ4v) is 3.96. The fourth-order valence-electron chi connectivity index (χ4n) is 2.18. The third-order valence-electron chi connectivity index (χ3n) is 3.33. The highest BCUT2D eigenvalue weighted by atomic mass is 32.2. The minimum Gasteiger partial charge on any atom is -0.494 e. The van der Waals surface area contributed by atoms with Crippen LogP contribution in [0.4, 0.5) is 5.13 Å². The summed E-state index contributed by atoms with van der Waals surface area (Å²) in [4.78, 5) is 17.9. The van der Waals surface area contributed by atoms with Gasteiger partial charge in [-0.15, -0.1) is 11.8 Å². The maximum absolute atomic E-state index is 12.4. The molecule has 0 saturated heterocycles. The lowest BCUT2D eigenvalue weighted by Gasteiger charge is -2.10. The van der Waals surface area contributed by atoms with Crippen molar-refractivity contribution in [2.75, 3.05) is 11.9 Å². The van der Waals surface area contributed by atoms with Gasteiger partial charge in [-0.25, -0.2) is 4.98 Å². The number of aromatic nitrogens is 1. The molecular formula is C18H18N2O2S2. The average Bonchev–Trinajstić information content (AvgIpc) is 2.97. The molecule has 0 radical (unpaired) electrons. The van der Waals surface area contributed by atoms with Crippen LogP contribution in [0.15, 0.2) is 53.4 Å². The molecule has 0 spiro atoms. The van der Waals surface area contributed by atoms with E-state index in [9.17, 15) is 4.79 Å². The van der Waals surface area contributed by atoms with E-state index in [2.05, 4.69) is 10.3 Å². The molecule has 3 rings (SSSR count). The number of thiazole rings is 1. The van der Waals surface area contributed by atoms with Crippen molar-refractivity contribution in [2.45, 2.75) is 24.0 Å². The number of hydrogen-bond donors (Lipinski definition) is 1. The quantitative estimate of drug-likeness (QED) is 0.642. The van der Waals surface area contributed by atoms with Gasteiger partial charge in [0.15, 0.2) is 5.13 Å². The van der Waals surface area contributed by atoms with E-state index in [1.54, 1.807) is 0 Å². The number of rotatable bonds is 6. The molecule has 24 heavy (non-hydrogen) atoms. The van der Waals surface area contributed by atoms with Gasteiger partial charge >= 0.3 is 0 Å². The summed E-state index contributed by atoms with van der Waals surface area (Å²) in [5.74, 6) is 0.771. The molecule has 1 amide bonds. The predicted octanol–water partition coefficient (Wildman–Crippen LogP) is 4.81. The Hall–Kier alpha value is -2.05. The number of hydrogen-bond acceptors (Lipinski definition) is 5. The van der Waals surface area contributed by atoms with Gasteiger partial charge in [0, 0.05) is 4.90 Å². The number of nitrogens with zero attached hydrogens (tertiary/aromatic N) is 1. The van der Waals surface area contributed by atoms with Crippen LogP contribution in [0.5, 0.6) is 5.75 Å². The largest absolute Gasteiger partial charge is 0.494 e. The second kappa shape index (κ2) is 7.68. The summed E-state index contributed by atoms with van der Waals surface area (Å²) in [6.45, 7) is 4.48. The maximum Gasteiger partial charge on any atom is 0.239 e. The van der Waals surface area contributed by atoms with E-state index >= 15 is 0 Å². The molecule has 0 fully saturated rings. The van der Waals surface area contributed by atoms with Gasteiger partial charge in [-0.2, -0.15) is 0 Å². The molecular weight excluding hydrogens is 340 g/mol. The van der Waals surface area contributed by atoms with Gasteiger partial charge in [0.25, 0.3) is 0 Å². The Bertz CT molecular complexity index is 833. The molecule has 0 bridgehead atoms. The predicted molar refractivity (Wildman–Crippen MR) is 101 cm³/mol. The minimum absolute atomic E-state index is 0.0482. The smallest absolute Gasteiger partial charge is 0.239 e. The first-order chi connectivity index (χ1) is 11.7. The summed E-state index contributed by atoms with van der Waals surface area (Å²) in [7, 11) is 0. The van der Waals surface area contributed by atoms with Crippen molar-refractivity contribution < 1.29 is 9.53 Å². The third-order valence-corrected chi connectivity index (χ3v) is 5.37. The van der Waals surface area contributed by atoms with E-state index in [4.69, 9.17) is 4.74 Å². The van der Waals surface area contributed by atoms with Crippen molar-refractivity contribution in [3.8, 4) is 5.75 Å². The van der Waals surface area contributed by atoms with E-state index in [1.165, 1.54) is 23.1 Å². The Morgan fingerprint density at radius 3 is 2.83 bits per heavy atom. The maximum atomic E-state index is 12.4. The first-order valence-electron chi connectivity index (χ1n) is 7.71. The third kappa shape index (κ3) is 4.07. The topological polar surface area (TPSA) is 51.2 Å². The summed E-state index contributed by atoms with van der Waals surface area (Å²) < 4.78 is 6.50. The molecule has 1 N–H and O–H groups in total. The molecule has 1 unspecified atom stereocenters. The van der Waals surface area contributed by atoms with Crippen LogP contribution < -0.4 is 10.1 Å². The molecule has 124 valence electrons. The number of anilines is 1. The summed E-state index contributed by atoms with van der Waals surface area (Å²) in [5.41, 5.74) is 0.863. The van der Waals surface area contributed by atoms with Gasteiger partial charge in [0.2, 0.25) is 5.91 Å². The van der Waals surface area contributed by atoms with E-state index in [1.807, 2.05) is 62.4 Å². The van der Waals surface area contributed by atoms with E-state index in [-0.39, 0.29) is 11.2 Å².